The SMILES string of the molecule is O=c1ccc2ccc(F)c3c2n1C(CO)C3. The molecular formula is C12H10FNO2. The van der Waals surface area contributed by atoms with Crippen molar-refractivity contribution in [2.45, 2.75) is 12.5 Å². The summed E-state index contributed by atoms with van der Waals surface area (Å²) in [5.74, 6) is -0.303. The molecule has 4 heteroatoms. The Morgan fingerprint density at radius 3 is 2.88 bits per heavy atom. The Kier molecular flexibility index (Phi) is 1.88. The number of aromatic nitrogens is 1. The van der Waals surface area contributed by atoms with Gasteiger partial charge in [0.25, 0.3) is 5.56 Å². The molecule has 0 bridgehead atoms. The average Bonchev–Trinajstić information content (AvgIpc) is 2.68. The van der Waals surface area contributed by atoms with Crippen LogP contribution in [0.3, 0.4) is 0 Å². The van der Waals surface area contributed by atoms with E-state index in [9.17, 15) is 14.3 Å². The first kappa shape index (κ1) is 9.54. The summed E-state index contributed by atoms with van der Waals surface area (Å²) in [6, 6.07) is 5.88. The smallest absolute Gasteiger partial charge is 0.251 e. The predicted octanol–water partition coefficient (Wildman–Crippen LogP) is 1.23. The van der Waals surface area contributed by atoms with Gasteiger partial charge in [-0.2, -0.15) is 0 Å². The lowest BCUT2D eigenvalue weighted by molar-refractivity contribution is 0.233. The minimum atomic E-state index is -0.330. The van der Waals surface area contributed by atoms with Gasteiger partial charge in [0.15, 0.2) is 0 Å². The predicted molar refractivity (Wildman–Crippen MR) is 58.0 cm³/mol. The maximum atomic E-state index is 13.6. The lowest BCUT2D eigenvalue weighted by Crippen LogP contribution is -2.23. The summed E-state index contributed by atoms with van der Waals surface area (Å²) < 4.78 is 15.1. The van der Waals surface area contributed by atoms with Gasteiger partial charge in [0, 0.05) is 18.1 Å². The second-order valence-corrected chi connectivity index (χ2v) is 4.05. The van der Waals surface area contributed by atoms with E-state index in [1.807, 2.05) is 0 Å². The standard InChI is InChI=1S/C12H10FNO2/c13-10-3-1-7-2-4-11(16)14-8(6-15)5-9(10)12(7)14/h1-4,8,15H,5-6H2. The van der Waals surface area contributed by atoms with E-state index in [1.165, 1.54) is 16.7 Å². The molecule has 0 fully saturated rings. The van der Waals surface area contributed by atoms with Crippen molar-refractivity contribution in [1.82, 2.24) is 4.57 Å². The molecule has 1 N–H and O–H groups in total. The number of hydrogen-bond acceptors (Lipinski definition) is 2. The van der Waals surface area contributed by atoms with Crippen molar-refractivity contribution in [3.8, 4) is 0 Å². The first-order valence-electron chi connectivity index (χ1n) is 5.16. The number of hydrogen-bond donors (Lipinski definition) is 1. The summed E-state index contributed by atoms with van der Waals surface area (Å²) in [4.78, 5) is 11.7. The molecule has 1 aliphatic rings. The highest BCUT2D eigenvalue weighted by Gasteiger charge is 2.26. The first-order valence-corrected chi connectivity index (χ1v) is 5.16. The van der Waals surface area contributed by atoms with Gasteiger partial charge in [-0.05, 0) is 23.6 Å². The van der Waals surface area contributed by atoms with Crippen LogP contribution < -0.4 is 5.56 Å². The van der Waals surface area contributed by atoms with Gasteiger partial charge in [-0.15, -0.1) is 0 Å². The third-order valence-electron chi connectivity index (χ3n) is 3.16. The highest BCUT2D eigenvalue weighted by molar-refractivity contribution is 5.84. The molecule has 0 saturated heterocycles. The largest absolute Gasteiger partial charge is 0.394 e. The van der Waals surface area contributed by atoms with E-state index in [-0.39, 0.29) is 24.0 Å². The van der Waals surface area contributed by atoms with Gasteiger partial charge in [0.2, 0.25) is 0 Å². The molecule has 1 unspecified atom stereocenters. The van der Waals surface area contributed by atoms with E-state index in [0.717, 1.165) is 5.39 Å². The van der Waals surface area contributed by atoms with Crippen molar-refractivity contribution >= 4 is 10.9 Å². The van der Waals surface area contributed by atoms with Crippen LogP contribution in [0.25, 0.3) is 10.9 Å². The van der Waals surface area contributed by atoms with Crippen molar-refractivity contribution < 1.29 is 9.50 Å². The molecule has 0 aliphatic carbocycles. The zero-order valence-corrected chi connectivity index (χ0v) is 8.48. The molecule has 2 heterocycles. The van der Waals surface area contributed by atoms with Crippen molar-refractivity contribution in [2.75, 3.05) is 6.61 Å². The molecule has 0 amide bonds. The van der Waals surface area contributed by atoms with Crippen LogP contribution in [-0.2, 0) is 6.42 Å². The fourth-order valence-corrected chi connectivity index (χ4v) is 2.43. The number of rotatable bonds is 1. The van der Waals surface area contributed by atoms with Crippen LogP contribution in [0.1, 0.15) is 11.6 Å². The molecule has 1 aromatic heterocycles. The molecule has 0 radical (unpaired) electrons. The van der Waals surface area contributed by atoms with E-state index >= 15 is 0 Å². The monoisotopic (exact) mass is 219 g/mol. The summed E-state index contributed by atoms with van der Waals surface area (Å²) in [5.41, 5.74) is 0.983. The van der Waals surface area contributed by atoms with E-state index in [2.05, 4.69) is 0 Å². The van der Waals surface area contributed by atoms with Crippen molar-refractivity contribution in [3.63, 3.8) is 0 Å². The first-order chi connectivity index (χ1) is 7.72. The third kappa shape index (κ3) is 1.08. The molecular weight excluding hydrogens is 209 g/mol. The van der Waals surface area contributed by atoms with Gasteiger partial charge < -0.3 is 9.67 Å². The van der Waals surface area contributed by atoms with Crippen LogP contribution in [0.2, 0.25) is 0 Å². The Balaban J connectivity index is 2.49. The molecule has 16 heavy (non-hydrogen) atoms. The topological polar surface area (TPSA) is 42.2 Å². The number of aliphatic hydroxyl groups is 1. The van der Waals surface area contributed by atoms with Crippen molar-refractivity contribution in [3.05, 3.63) is 46.0 Å². The van der Waals surface area contributed by atoms with Crippen molar-refractivity contribution in [2.24, 2.45) is 0 Å². The molecule has 0 saturated carbocycles. The lowest BCUT2D eigenvalue weighted by Gasteiger charge is -2.10. The number of nitrogens with zero attached hydrogens (tertiary/aromatic N) is 1. The summed E-state index contributed by atoms with van der Waals surface area (Å²) >= 11 is 0. The molecule has 3 nitrogen and oxygen atoms in total. The highest BCUT2D eigenvalue weighted by Crippen LogP contribution is 2.31. The summed E-state index contributed by atoms with van der Waals surface area (Å²) in [5, 5.41) is 10.1. The number of benzene rings is 1. The Hall–Kier alpha value is -1.68. The van der Waals surface area contributed by atoms with Crippen LogP contribution in [0.5, 0.6) is 0 Å². The minimum absolute atomic E-state index is 0.146. The average molecular weight is 219 g/mol. The zero-order chi connectivity index (χ0) is 11.3. The number of halogens is 1. The Morgan fingerprint density at radius 1 is 1.38 bits per heavy atom. The fraction of sp³-hybridized carbons (Fsp3) is 0.250. The maximum absolute atomic E-state index is 13.6. The van der Waals surface area contributed by atoms with Crippen LogP contribution in [-0.4, -0.2) is 16.3 Å². The van der Waals surface area contributed by atoms with E-state index in [4.69, 9.17) is 0 Å². The van der Waals surface area contributed by atoms with Crippen LogP contribution in [0.4, 0.5) is 4.39 Å². The normalized spacial score (nSPS) is 18.2. The summed E-state index contributed by atoms with van der Waals surface area (Å²) in [6.45, 7) is -0.146. The molecule has 1 aromatic carbocycles. The summed E-state index contributed by atoms with van der Waals surface area (Å²) in [7, 11) is 0. The number of pyridine rings is 1. The lowest BCUT2D eigenvalue weighted by atomic mass is 10.1. The molecule has 3 rings (SSSR count). The Bertz CT molecular complexity index is 633. The molecule has 0 spiro atoms. The van der Waals surface area contributed by atoms with E-state index < -0.39 is 0 Å². The van der Waals surface area contributed by atoms with Gasteiger partial charge in [-0.3, -0.25) is 4.79 Å². The summed E-state index contributed by atoms with van der Waals surface area (Å²) in [6.07, 6.45) is 0.388. The highest BCUT2D eigenvalue weighted by atomic mass is 19.1. The molecule has 82 valence electrons. The Morgan fingerprint density at radius 2 is 2.12 bits per heavy atom. The Labute approximate surface area is 90.8 Å². The van der Waals surface area contributed by atoms with Crippen LogP contribution in [0, 0.1) is 5.82 Å². The second-order valence-electron chi connectivity index (χ2n) is 4.05. The second kappa shape index (κ2) is 3.15. The van der Waals surface area contributed by atoms with Crippen molar-refractivity contribution in [1.29, 1.82) is 0 Å². The third-order valence-corrected chi connectivity index (χ3v) is 3.16. The van der Waals surface area contributed by atoms with Gasteiger partial charge >= 0.3 is 0 Å². The zero-order valence-electron chi connectivity index (χ0n) is 8.48. The quantitative estimate of drug-likeness (QED) is 0.783. The minimum Gasteiger partial charge on any atom is -0.394 e. The van der Waals surface area contributed by atoms with Crippen LogP contribution in [0.15, 0.2) is 29.1 Å². The fourth-order valence-electron chi connectivity index (χ4n) is 2.43. The van der Waals surface area contributed by atoms with Gasteiger partial charge in [0.1, 0.15) is 5.82 Å². The maximum Gasteiger partial charge on any atom is 0.251 e. The van der Waals surface area contributed by atoms with Gasteiger partial charge in [0.05, 0.1) is 18.2 Å². The van der Waals surface area contributed by atoms with Gasteiger partial charge in [-0.1, -0.05) is 0 Å². The van der Waals surface area contributed by atoms with Gasteiger partial charge in [-0.25, -0.2) is 4.39 Å². The van der Waals surface area contributed by atoms with E-state index in [0.29, 0.717) is 17.5 Å². The number of aliphatic hydroxyl groups excluding tert-OH is 1. The van der Waals surface area contributed by atoms with E-state index in [1.54, 1.807) is 12.1 Å². The van der Waals surface area contributed by atoms with Crippen LogP contribution >= 0.6 is 0 Å². The molecule has 1 aliphatic heterocycles. The molecule has 1 atom stereocenters. The molecule has 2 aromatic rings.